The van der Waals surface area contributed by atoms with E-state index < -0.39 is 12.0 Å². The number of aliphatic carboxylic acids is 1. The lowest BCUT2D eigenvalue weighted by Gasteiger charge is -2.05. The highest BCUT2D eigenvalue weighted by atomic mass is 16.4. The topological polar surface area (TPSA) is 101 Å². The molecule has 0 aromatic carbocycles. The van der Waals surface area contributed by atoms with Gasteiger partial charge in [-0.25, -0.2) is 0 Å². The maximum Gasteiger partial charge on any atom is 0.320 e. The number of rotatable bonds is 5. The van der Waals surface area contributed by atoms with Gasteiger partial charge in [-0.15, -0.1) is 10.2 Å². The molecule has 0 aliphatic heterocycles. The first-order chi connectivity index (χ1) is 8.16. The summed E-state index contributed by atoms with van der Waals surface area (Å²) in [7, 11) is 0. The lowest BCUT2D eigenvalue weighted by atomic mass is 10.3. The lowest BCUT2D eigenvalue weighted by Crippen LogP contribution is -2.33. The fraction of sp³-hybridized carbons (Fsp3) is 0.300. The molecule has 7 heteroatoms. The molecule has 0 amide bonds. The molecule has 0 saturated heterocycles. The fourth-order valence-electron chi connectivity index (χ4n) is 1.15. The highest BCUT2D eigenvalue weighted by Crippen LogP contribution is 2.17. The summed E-state index contributed by atoms with van der Waals surface area (Å²) in [5.41, 5.74) is 0. The Bertz CT molecular complexity index is 491. The van der Waals surface area contributed by atoms with Crippen LogP contribution >= 0.6 is 0 Å². The third-order valence-corrected chi connectivity index (χ3v) is 2.13. The van der Waals surface area contributed by atoms with Gasteiger partial charge in [0.25, 0.3) is 5.89 Å². The van der Waals surface area contributed by atoms with Crippen molar-refractivity contribution in [2.75, 3.05) is 0 Å². The molecular weight excluding hydrogens is 226 g/mol. The molecule has 2 rings (SSSR count). The summed E-state index contributed by atoms with van der Waals surface area (Å²) in [4.78, 5) is 10.6. The van der Waals surface area contributed by atoms with Gasteiger partial charge in [-0.05, 0) is 19.1 Å². The Labute approximate surface area is 96.5 Å². The number of carbonyl (C=O) groups is 1. The first-order valence-corrected chi connectivity index (χ1v) is 4.99. The van der Waals surface area contributed by atoms with Gasteiger partial charge >= 0.3 is 5.97 Å². The van der Waals surface area contributed by atoms with E-state index in [2.05, 4.69) is 15.5 Å². The molecule has 2 N–H and O–H groups in total. The van der Waals surface area contributed by atoms with Gasteiger partial charge in [-0.1, -0.05) is 0 Å². The first kappa shape index (κ1) is 11.3. The Morgan fingerprint density at radius 1 is 1.59 bits per heavy atom. The van der Waals surface area contributed by atoms with E-state index in [9.17, 15) is 4.79 Å². The number of nitrogens with zero attached hydrogens (tertiary/aromatic N) is 2. The minimum absolute atomic E-state index is 0.196. The second-order valence-corrected chi connectivity index (χ2v) is 3.42. The van der Waals surface area contributed by atoms with Gasteiger partial charge in [-0.2, -0.15) is 0 Å². The van der Waals surface area contributed by atoms with Crippen molar-refractivity contribution in [1.82, 2.24) is 15.5 Å². The molecule has 0 radical (unpaired) electrons. The van der Waals surface area contributed by atoms with Crippen LogP contribution in [0.2, 0.25) is 0 Å². The van der Waals surface area contributed by atoms with Crippen molar-refractivity contribution in [2.24, 2.45) is 0 Å². The highest BCUT2D eigenvalue weighted by molar-refractivity contribution is 5.72. The van der Waals surface area contributed by atoms with Crippen LogP contribution in [-0.4, -0.2) is 27.3 Å². The molecule has 2 heterocycles. The molecule has 0 aliphatic rings. The smallest absolute Gasteiger partial charge is 0.320 e. The van der Waals surface area contributed by atoms with E-state index in [1.807, 2.05) is 0 Å². The minimum atomic E-state index is -0.934. The molecule has 90 valence electrons. The number of furan rings is 1. The predicted molar refractivity (Wildman–Crippen MR) is 55.9 cm³/mol. The van der Waals surface area contributed by atoms with Crippen molar-refractivity contribution in [3.8, 4) is 11.7 Å². The SMILES string of the molecule is CC(NCc1nnc(-c2ccco2)o1)C(=O)O. The van der Waals surface area contributed by atoms with Crippen molar-refractivity contribution in [3.63, 3.8) is 0 Å². The molecule has 0 aliphatic carbocycles. The summed E-state index contributed by atoms with van der Waals surface area (Å²) in [6.45, 7) is 1.73. The van der Waals surface area contributed by atoms with Gasteiger partial charge in [0, 0.05) is 0 Å². The van der Waals surface area contributed by atoms with Crippen LogP contribution in [0.1, 0.15) is 12.8 Å². The third kappa shape index (κ3) is 2.70. The van der Waals surface area contributed by atoms with Crippen LogP contribution < -0.4 is 5.32 Å². The molecule has 1 unspecified atom stereocenters. The van der Waals surface area contributed by atoms with Gasteiger partial charge in [-0.3, -0.25) is 10.1 Å². The highest BCUT2D eigenvalue weighted by Gasteiger charge is 2.14. The average Bonchev–Trinajstić information content (AvgIpc) is 2.95. The Kier molecular flexibility index (Phi) is 3.20. The van der Waals surface area contributed by atoms with Crippen molar-refractivity contribution < 1.29 is 18.7 Å². The molecule has 0 bridgehead atoms. The van der Waals surface area contributed by atoms with Crippen LogP contribution in [0.25, 0.3) is 11.7 Å². The number of carboxylic acids is 1. The minimum Gasteiger partial charge on any atom is -0.480 e. The number of hydrogen-bond donors (Lipinski definition) is 2. The Morgan fingerprint density at radius 3 is 3.06 bits per heavy atom. The van der Waals surface area contributed by atoms with E-state index in [1.165, 1.54) is 13.2 Å². The Hall–Kier alpha value is -2.15. The van der Waals surface area contributed by atoms with Crippen LogP contribution in [0.15, 0.2) is 27.2 Å². The second-order valence-electron chi connectivity index (χ2n) is 3.42. The van der Waals surface area contributed by atoms with Gasteiger partial charge < -0.3 is 13.9 Å². The van der Waals surface area contributed by atoms with Crippen molar-refractivity contribution in [3.05, 3.63) is 24.3 Å². The summed E-state index contributed by atoms with van der Waals surface area (Å²) in [6, 6.07) is 2.74. The van der Waals surface area contributed by atoms with E-state index in [4.69, 9.17) is 13.9 Å². The van der Waals surface area contributed by atoms with Crippen molar-refractivity contribution in [1.29, 1.82) is 0 Å². The summed E-state index contributed by atoms with van der Waals surface area (Å²) in [5.74, 6) is 0.130. The fourth-order valence-corrected chi connectivity index (χ4v) is 1.15. The summed E-state index contributed by atoms with van der Waals surface area (Å²) >= 11 is 0. The zero-order valence-electron chi connectivity index (χ0n) is 9.08. The number of aromatic nitrogens is 2. The zero-order valence-corrected chi connectivity index (χ0v) is 9.08. The van der Waals surface area contributed by atoms with Crippen LogP contribution in [0, 0.1) is 0 Å². The number of carboxylic acid groups (broad SMARTS) is 1. The maximum absolute atomic E-state index is 10.6. The average molecular weight is 237 g/mol. The monoisotopic (exact) mass is 237 g/mol. The summed E-state index contributed by atoms with van der Waals surface area (Å²) < 4.78 is 10.4. The quantitative estimate of drug-likeness (QED) is 0.796. The molecule has 2 aromatic heterocycles. The number of nitrogens with one attached hydrogen (secondary N) is 1. The summed E-state index contributed by atoms with van der Waals surface area (Å²) in [5, 5.41) is 19.0. The molecule has 2 aromatic rings. The van der Waals surface area contributed by atoms with E-state index in [-0.39, 0.29) is 12.4 Å². The largest absolute Gasteiger partial charge is 0.480 e. The van der Waals surface area contributed by atoms with Crippen molar-refractivity contribution >= 4 is 5.97 Å². The van der Waals surface area contributed by atoms with Gasteiger partial charge in [0.05, 0.1) is 12.8 Å². The lowest BCUT2D eigenvalue weighted by molar-refractivity contribution is -0.139. The predicted octanol–water partition coefficient (Wildman–Crippen LogP) is 0.892. The summed E-state index contributed by atoms with van der Waals surface area (Å²) in [6.07, 6.45) is 1.50. The van der Waals surface area contributed by atoms with Crippen LogP contribution in [-0.2, 0) is 11.3 Å². The second kappa shape index (κ2) is 4.79. The van der Waals surface area contributed by atoms with Gasteiger partial charge in [0.15, 0.2) is 5.76 Å². The first-order valence-electron chi connectivity index (χ1n) is 4.99. The van der Waals surface area contributed by atoms with Gasteiger partial charge in [0.1, 0.15) is 6.04 Å². The molecular formula is C10H11N3O4. The van der Waals surface area contributed by atoms with Crippen LogP contribution in [0.5, 0.6) is 0 Å². The number of hydrogen-bond acceptors (Lipinski definition) is 6. The molecule has 1 atom stereocenters. The van der Waals surface area contributed by atoms with E-state index in [1.54, 1.807) is 12.1 Å². The van der Waals surface area contributed by atoms with Crippen LogP contribution in [0.3, 0.4) is 0 Å². The normalized spacial score (nSPS) is 12.5. The Balaban J connectivity index is 1.97. The van der Waals surface area contributed by atoms with Crippen molar-refractivity contribution in [2.45, 2.75) is 19.5 Å². The standard InChI is InChI=1S/C10H11N3O4/c1-6(10(14)15)11-5-8-12-13-9(17-8)7-3-2-4-16-7/h2-4,6,11H,5H2,1H3,(H,14,15). The molecule has 7 nitrogen and oxygen atoms in total. The maximum atomic E-state index is 10.6. The zero-order chi connectivity index (χ0) is 12.3. The molecule has 0 spiro atoms. The third-order valence-electron chi connectivity index (χ3n) is 2.13. The molecule has 0 fully saturated rings. The molecule has 17 heavy (non-hydrogen) atoms. The van der Waals surface area contributed by atoms with E-state index in [0.29, 0.717) is 11.7 Å². The van der Waals surface area contributed by atoms with E-state index >= 15 is 0 Å². The molecule has 0 saturated carbocycles. The Morgan fingerprint density at radius 2 is 2.41 bits per heavy atom. The van der Waals surface area contributed by atoms with Crippen LogP contribution in [0.4, 0.5) is 0 Å². The van der Waals surface area contributed by atoms with E-state index in [0.717, 1.165) is 0 Å². The van der Waals surface area contributed by atoms with Gasteiger partial charge in [0.2, 0.25) is 5.89 Å².